The smallest absolute Gasteiger partial charge is 0.265 e. The van der Waals surface area contributed by atoms with Crippen molar-refractivity contribution < 1.29 is 9.13 Å². The minimum atomic E-state index is -0.857. The highest BCUT2D eigenvalue weighted by atomic mass is 35.5. The predicted octanol–water partition coefficient (Wildman–Crippen LogP) is 3.57. The third kappa shape index (κ3) is 5.38. The van der Waals surface area contributed by atoms with Crippen molar-refractivity contribution in [3.63, 3.8) is 0 Å². The van der Waals surface area contributed by atoms with E-state index in [0.29, 0.717) is 12.4 Å². The summed E-state index contributed by atoms with van der Waals surface area (Å²) < 4.78 is 19.9. The normalized spacial score (nSPS) is 11.7. The van der Waals surface area contributed by atoms with Gasteiger partial charge < -0.3 is 20.8 Å². The number of nitrogens with one attached hydrogen (secondary N) is 2. The molecule has 4 N–H and O–H groups in total. The van der Waals surface area contributed by atoms with Crippen LogP contribution in [0.3, 0.4) is 0 Å². The highest BCUT2D eigenvalue weighted by Gasteiger charge is 2.19. The number of fused-ring (bicyclic) bond motifs is 1. The van der Waals surface area contributed by atoms with E-state index in [1.54, 1.807) is 18.5 Å². The van der Waals surface area contributed by atoms with Crippen molar-refractivity contribution >= 4 is 40.1 Å². The number of pyridine rings is 2. The van der Waals surface area contributed by atoms with Gasteiger partial charge in [-0.25, -0.2) is 14.4 Å². The van der Waals surface area contributed by atoms with Crippen molar-refractivity contribution in [1.29, 1.82) is 0 Å². The Labute approximate surface area is 182 Å². The van der Waals surface area contributed by atoms with E-state index < -0.39 is 16.5 Å². The summed E-state index contributed by atoms with van der Waals surface area (Å²) >= 11 is 7.02. The van der Waals surface area contributed by atoms with Crippen LogP contribution in [0.1, 0.15) is 32.4 Å². The van der Waals surface area contributed by atoms with Gasteiger partial charge in [0, 0.05) is 24.3 Å². The lowest BCUT2D eigenvalue weighted by atomic mass is 10.1. The van der Waals surface area contributed by atoms with Gasteiger partial charge >= 0.3 is 0 Å². The molecule has 0 bridgehead atoms. The Morgan fingerprint density at radius 1 is 1.40 bits per heavy atom. The second-order valence-electron chi connectivity index (χ2n) is 5.82. The Kier molecular flexibility index (Phi) is 8.82. The molecule has 3 aromatic heterocycles. The van der Waals surface area contributed by atoms with Crippen LogP contribution in [0.5, 0.6) is 5.88 Å². The van der Waals surface area contributed by atoms with Crippen LogP contribution in [0.25, 0.3) is 10.9 Å². The number of aromatic amines is 1. The van der Waals surface area contributed by atoms with E-state index >= 15 is 0 Å². The van der Waals surface area contributed by atoms with Crippen molar-refractivity contribution in [3.05, 3.63) is 45.2 Å². The minimum absolute atomic E-state index is 0.0620. The molecule has 0 saturated heterocycles. The standard InChI is InChI=1S/C17H18ClFN6O2S.C2H6/c1-8(9-4-3-5-22-14(9)20)21-6-7-27-16-10-12(11(19)13(18)24-16)23-17(28-2)25-15(10)26;1-2/h3-5,8,21H,6-7H2,1-2H3,(H2,20,22)(H,23,25,26);1-2H3. The maximum atomic E-state index is 14.3. The topological polar surface area (TPSA) is 119 Å². The summed E-state index contributed by atoms with van der Waals surface area (Å²) in [5.41, 5.74) is 6.00. The minimum Gasteiger partial charge on any atom is -0.476 e. The van der Waals surface area contributed by atoms with E-state index in [4.69, 9.17) is 22.1 Å². The molecule has 3 aromatic rings. The number of nitrogens with zero attached hydrogens (tertiary/aromatic N) is 3. The number of halogens is 2. The Morgan fingerprint density at radius 3 is 2.80 bits per heavy atom. The van der Waals surface area contributed by atoms with Crippen LogP contribution in [0.2, 0.25) is 5.15 Å². The molecule has 0 radical (unpaired) electrons. The number of hydrogen-bond acceptors (Lipinski definition) is 8. The largest absolute Gasteiger partial charge is 0.476 e. The number of thioether (sulfide) groups is 1. The van der Waals surface area contributed by atoms with Crippen molar-refractivity contribution in [3.8, 4) is 5.88 Å². The quantitative estimate of drug-likeness (QED) is 0.214. The maximum absolute atomic E-state index is 14.3. The van der Waals surface area contributed by atoms with Gasteiger partial charge in [-0.2, -0.15) is 4.98 Å². The molecule has 3 heterocycles. The fraction of sp³-hybridized carbons (Fsp3) is 0.368. The van der Waals surface area contributed by atoms with E-state index in [9.17, 15) is 9.18 Å². The van der Waals surface area contributed by atoms with Crippen LogP contribution in [0, 0.1) is 5.82 Å². The number of rotatable bonds is 7. The highest BCUT2D eigenvalue weighted by Crippen LogP contribution is 2.27. The number of nitrogens with two attached hydrogens (primary N) is 1. The Hall–Kier alpha value is -2.43. The van der Waals surface area contributed by atoms with Gasteiger partial charge in [0.1, 0.15) is 23.3 Å². The van der Waals surface area contributed by atoms with Gasteiger partial charge in [0.05, 0.1) is 0 Å². The second kappa shape index (κ2) is 11.1. The first-order valence-corrected chi connectivity index (χ1v) is 10.9. The number of ether oxygens (including phenoxy) is 1. The average molecular weight is 455 g/mol. The lowest BCUT2D eigenvalue weighted by Crippen LogP contribution is -2.25. The number of hydrogen-bond donors (Lipinski definition) is 3. The molecule has 1 unspecified atom stereocenters. The molecule has 0 spiro atoms. The Morgan fingerprint density at radius 2 is 2.13 bits per heavy atom. The SMILES string of the molecule is CC.CSc1nc2c(F)c(Cl)nc(OCCNC(C)c3cccnc3N)c2c(=O)[nH]1. The van der Waals surface area contributed by atoms with E-state index in [-0.39, 0.29) is 34.6 Å². The van der Waals surface area contributed by atoms with E-state index in [1.165, 1.54) is 11.8 Å². The maximum Gasteiger partial charge on any atom is 0.265 e. The molecule has 0 aliphatic rings. The van der Waals surface area contributed by atoms with Crippen LogP contribution in [0.4, 0.5) is 10.2 Å². The van der Waals surface area contributed by atoms with Crippen LogP contribution in [-0.4, -0.2) is 39.3 Å². The number of aromatic nitrogens is 4. The predicted molar refractivity (Wildman–Crippen MR) is 119 cm³/mol. The van der Waals surface area contributed by atoms with E-state index in [2.05, 4.69) is 25.3 Å². The van der Waals surface area contributed by atoms with Gasteiger partial charge in [-0.1, -0.05) is 43.3 Å². The lowest BCUT2D eigenvalue weighted by molar-refractivity contribution is 0.299. The molecule has 1 atom stereocenters. The highest BCUT2D eigenvalue weighted by molar-refractivity contribution is 7.98. The summed E-state index contributed by atoms with van der Waals surface area (Å²) in [4.78, 5) is 26.9. The van der Waals surface area contributed by atoms with Gasteiger partial charge in [-0.3, -0.25) is 4.79 Å². The van der Waals surface area contributed by atoms with Gasteiger partial charge in [0.2, 0.25) is 5.88 Å². The van der Waals surface area contributed by atoms with Gasteiger partial charge in [-0.15, -0.1) is 0 Å². The number of H-pyrrole nitrogens is 1. The molecular weight excluding hydrogens is 431 g/mol. The average Bonchev–Trinajstić information content (AvgIpc) is 2.75. The van der Waals surface area contributed by atoms with Crippen molar-refractivity contribution in [2.24, 2.45) is 0 Å². The van der Waals surface area contributed by atoms with Crippen molar-refractivity contribution in [1.82, 2.24) is 25.3 Å². The first kappa shape index (κ1) is 23.8. The second-order valence-corrected chi connectivity index (χ2v) is 6.98. The molecule has 3 rings (SSSR count). The molecule has 162 valence electrons. The van der Waals surface area contributed by atoms with Gasteiger partial charge in [-0.05, 0) is 19.2 Å². The number of nitrogen functional groups attached to an aromatic ring is 1. The van der Waals surface area contributed by atoms with Crippen LogP contribution in [-0.2, 0) is 0 Å². The first-order valence-electron chi connectivity index (χ1n) is 9.32. The lowest BCUT2D eigenvalue weighted by Gasteiger charge is -2.16. The monoisotopic (exact) mass is 454 g/mol. The molecule has 11 heteroatoms. The van der Waals surface area contributed by atoms with Crippen LogP contribution >= 0.6 is 23.4 Å². The van der Waals surface area contributed by atoms with Crippen LogP contribution < -0.4 is 21.3 Å². The summed E-state index contributed by atoms with van der Waals surface area (Å²) in [6.07, 6.45) is 3.34. The summed E-state index contributed by atoms with van der Waals surface area (Å²) in [5, 5.41) is 3.02. The molecule has 0 amide bonds. The van der Waals surface area contributed by atoms with E-state index in [1.807, 2.05) is 26.8 Å². The summed E-state index contributed by atoms with van der Waals surface area (Å²) in [6.45, 7) is 6.52. The summed E-state index contributed by atoms with van der Waals surface area (Å²) in [5.74, 6) is -0.481. The molecular formula is C19H24ClFN6O2S. The Balaban J connectivity index is 0.00000155. The number of anilines is 1. The van der Waals surface area contributed by atoms with Gasteiger partial charge in [0.25, 0.3) is 5.56 Å². The molecule has 0 saturated carbocycles. The van der Waals surface area contributed by atoms with Crippen molar-refractivity contribution in [2.75, 3.05) is 25.1 Å². The molecule has 0 aliphatic carbocycles. The summed E-state index contributed by atoms with van der Waals surface area (Å²) in [6, 6.07) is 3.62. The molecule has 8 nitrogen and oxygen atoms in total. The zero-order valence-electron chi connectivity index (χ0n) is 17.1. The first-order chi connectivity index (χ1) is 14.4. The third-order valence-electron chi connectivity index (χ3n) is 4.02. The molecule has 0 aromatic carbocycles. The van der Waals surface area contributed by atoms with Crippen molar-refractivity contribution in [2.45, 2.75) is 32.0 Å². The van der Waals surface area contributed by atoms with E-state index in [0.717, 1.165) is 5.56 Å². The van der Waals surface area contributed by atoms with Crippen LogP contribution in [0.15, 0.2) is 28.3 Å². The van der Waals surface area contributed by atoms with Gasteiger partial charge in [0.15, 0.2) is 16.1 Å². The molecule has 30 heavy (non-hydrogen) atoms. The zero-order valence-corrected chi connectivity index (χ0v) is 18.7. The fourth-order valence-electron chi connectivity index (χ4n) is 2.63. The zero-order chi connectivity index (χ0) is 22.3. The molecule has 0 fully saturated rings. The fourth-order valence-corrected chi connectivity index (χ4v) is 3.18. The molecule has 0 aliphatic heterocycles. The summed E-state index contributed by atoms with van der Waals surface area (Å²) in [7, 11) is 0. The third-order valence-corrected chi connectivity index (χ3v) is 4.85. The Bertz CT molecular complexity index is 1070.